The summed E-state index contributed by atoms with van der Waals surface area (Å²) in [5, 5.41) is 5.11. The minimum atomic E-state index is -3.65. The molecule has 0 fully saturated rings. The Hall–Kier alpha value is -1.65. The topological polar surface area (TPSA) is 60.2 Å². The Bertz CT molecular complexity index is 648. The number of rotatable bonds is 2. The van der Waals surface area contributed by atoms with Gasteiger partial charge in [0, 0.05) is 0 Å². The lowest BCUT2D eigenvalue weighted by Gasteiger charge is -2.07. The zero-order valence-electron chi connectivity index (χ0n) is 9.42. The average molecular weight is 247 g/mol. The molecule has 0 bridgehead atoms. The second-order valence-corrected chi connectivity index (χ2v) is 5.45. The fourth-order valence-electron chi connectivity index (χ4n) is 1.74. The Morgan fingerprint density at radius 2 is 1.71 bits per heavy atom. The van der Waals surface area contributed by atoms with Gasteiger partial charge in [0.1, 0.15) is 0 Å². The van der Waals surface area contributed by atoms with Crippen molar-refractivity contribution in [1.29, 1.82) is 0 Å². The van der Waals surface area contributed by atoms with Crippen LogP contribution in [0.3, 0.4) is 0 Å². The van der Waals surface area contributed by atoms with Gasteiger partial charge in [-0.15, -0.1) is 0 Å². The van der Waals surface area contributed by atoms with Crippen molar-refractivity contribution in [3.63, 3.8) is 0 Å². The predicted molar refractivity (Wildman–Crippen MR) is 68.0 cm³/mol. The molecule has 2 aromatic carbocycles. The van der Waals surface area contributed by atoms with Crippen molar-refractivity contribution in [2.24, 2.45) is 5.14 Å². The van der Waals surface area contributed by atoms with Crippen molar-refractivity contribution in [1.82, 2.24) is 0 Å². The highest BCUT2D eigenvalue weighted by molar-refractivity contribution is 7.89. The molecule has 88 valence electrons. The Balaban J connectivity index is 2.59. The highest BCUT2D eigenvalue weighted by atomic mass is 32.2. The minimum absolute atomic E-state index is 0.137. The Morgan fingerprint density at radius 1 is 1.00 bits per heavy atom. The molecule has 0 unspecified atom stereocenters. The maximum absolute atomic E-state index is 11.3. The van der Waals surface area contributed by atoms with Crippen LogP contribution in [0.15, 0.2) is 53.4 Å². The molecule has 0 aliphatic carbocycles. The molecule has 0 atom stereocenters. The van der Waals surface area contributed by atoms with Crippen LogP contribution in [-0.4, -0.2) is 8.42 Å². The molecule has 3 nitrogen and oxygen atoms in total. The smallest absolute Gasteiger partial charge is 0.225 e. The first-order valence-electron chi connectivity index (χ1n) is 5.17. The molecule has 17 heavy (non-hydrogen) atoms. The molecule has 4 heteroatoms. The van der Waals surface area contributed by atoms with Crippen LogP contribution in [0.1, 0.15) is 5.56 Å². The number of benzene rings is 2. The lowest BCUT2D eigenvalue weighted by Crippen LogP contribution is -2.11. The van der Waals surface area contributed by atoms with Crippen molar-refractivity contribution in [2.75, 3.05) is 0 Å². The summed E-state index contributed by atoms with van der Waals surface area (Å²) in [5.41, 5.74) is 2.96. The normalized spacial score (nSPS) is 11.4. The molecule has 0 aliphatic rings. The highest BCUT2D eigenvalue weighted by Crippen LogP contribution is 2.24. The molecule has 2 aromatic rings. The van der Waals surface area contributed by atoms with Crippen molar-refractivity contribution >= 4 is 10.0 Å². The van der Waals surface area contributed by atoms with E-state index >= 15 is 0 Å². The maximum Gasteiger partial charge on any atom is 0.238 e. The summed E-state index contributed by atoms with van der Waals surface area (Å²) in [5.74, 6) is 0. The molecule has 0 heterocycles. The molecule has 0 aliphatic heterocycles. The Labute approximate surface area is 101 Å². The highest BCUT2D eigenvalue weighted by Gasteiger charge is 2.09. The van der Waals surface area contributed by atoms with E-state index in [0.29, 0.717) is 0 Å². The van der Waals surface area contributed by atoms with E-state index in [-0.39, 0.29) is 4.90 Å². The average Bonchev–Trinajstić information content (AvgIpc) is 2.29. The quantitative estimate of drug-likeness (QED) is 0.885. The number of aryl methyl sites for hydroxylation is 1. The van der Waals surface area contributed by atoms with Gasteiger partial charge in [-0.2, -0.15) is 0 Å². The van der Waals surface area contributed by atoms with Crippen LogP contribution >= 0.6 is 0 Å². The SMILES string of the molecule is Cc1ccccc1-c1cccc(S(N)(=O)=O)c1. The predicted octanol–water partition coefficient (Wildman–Crippen LogP) is 2.31. The van der Waals surface area contributed by atoms with E-state index in [0.717, 1.165) is 16.7 Å². The zero-order valence-corrected chi connectivity index (χ0v) is 10.2. The van der Waals surface area contributed by atoms with Crippen LogP contribution in [0.25, 0.3) is 11.1 Å². The summed E-state index contributed by atoms with van der Waals surface area (Å²) in [4.78, 5) is 0.137. The zero-order chi connectivity index (χ0) is 12.5. The Kier molecular flexibility index (Phi) is 3.00. The monoisotopic (exact) mass is 247 g/mol. The van der Waals surface area contributed by atoms with Crippen LogP contribution in [0, 0.1) is 6.92 Å². The Morgan fingerprint density at radius 3 is 2.35 bits per heavy atom. The first kappa shape index (κ1) is 11.8. The van der Waals surface area contributed by atoms with E-state index in [1.165, 1.54) is 6.07 Å². The molecule has 0 radical (unpaired) electrons. The number of primary sulfonamides is 1. The van der Waals surface area contributed by atoms with Crippen molar-refractivity contribution in [3.8, 4) is 11.1 Å². The summed E-state index contributed by atoms with van der Waals surface area (Å²) in [6.45, 7) is 1.99. The van der Waals surface area contributed by atoms with Crippen LogP contribution in [-0.2, 0) is 10.0 Å². The van der Waals surface area contributed by atoms with E-state index in [4.69, 9.17) is 5.14 Å². The fraction of sp³-hybridized carbons (Fsp3) is 0.0769. The molecule has 0 amide bonds. The summed E-state index contributed by atoms with van der Waals surface area (Å²) < 4.78 is 22.6. The summed E-state index contributed by atoms with van der Waals surface area (Å²) in [7, 11) is -3.65. The number of hydrogen-bond acceptors (Lipinski definition) is 2. The third kappa shape index (κ3) is 2.54. The van der Waals surface area contributed by atoms with Gasteiger partial charge in [0.05, 0.1) is 4.90 Å². The van der Waals surface area contributed by atoms with Crippen molar-refractivity contribution < 1.29 is 8.42 Å². The van der Waals surface area contributed by atoms with Crippen molar-refractivity contribution in [3.05, 3.63) is 54.1 Å². The summed E-state index contributed by atoms with van der Waals surface area (Å²) in [6, 6.07) is 14.5. The minimum Gasteiger partial charge on any atom is -0.225 e. The lowest BCUT2D eigenvalue weighted by atomic mass is 10.0. The van der Waals surface area contributed by atoms with Crippen LogP contribution in [0.2, 0.25) is 0 Å². The van der Waals surface area contributed by atoms with Gasteiger partial charge in [-0.05, 0) is 35.7 Å². The number of hydrogen-bond donors (Lipinski definition) is 1. The molecule has 0 saturated heterocycles. The maximum atomic E-state index is 11.3. The number of nitrogens with two attached hydrogens (primary N) is 1. The fourth-order valence-corrected chi connectivity index (χ4v) is 2.30. The van der Waals surface area contributed by atoms with E-state index < -0.39 is 10.0 Å². The first-order chi connectivity index (χ1) is 7.98. The lowest BCUT2D eigenvalue weighted by molar-refractivity contribution is 0.598. The molecule has 0 aromatic heterocycles. The van der Waals surface area contributed by atoms with Gasteiger partial charge in [-0.3, -0.25) is 0 Å². The van der Waals surface area contributed by atoms with Crippen LogP contribution < -0.4 is 5.14 Å². The van der Waals surface area contributed by atoms with Gasteiger partial charge < -0.3 is 0 Å². The number of sulfonamides is 1. The molecular weight excluding hydrogens is 234 g/mol. The molecule has 0 saturated carbocycles. The second kappa shape index (κ2) is 4.31. The van der Waals surface area contributed by atoms with Gasteiger partial charge in [0.15, 0.2) is 0 Å². The van der Waals surface area contributed by atoms with E-state index in [1.54, 1.807) is 12.1 Å². The van der Waals surface area contributed by atoms with Gasteiger partial charge in [-0.1, -0.05) is 36.4 Å². The summed E-state index contributed by atoms with van der Waals surface area (Å²) >= 11 is 0. The van der Waals surface area contributed by atoms with Gasteiger partial charge in [0.25, 0.3) is 0 Å². The second-order valence-electron chi connectivity index (χ2n) is 3.89. The molecule has 2 N–H and O–H groups in total. The molecular formula is C13H13NO2S. The first-order valence-corrected chi connectivity index (χ1v) is 6.72. The van der Waals surface area contributed by atoms with E-state index in [9.17, 15) is 8.42 Å². The van der Waals surface area contributed by atoms with E-state index in [1.807, 2.05) is 37.3 Å². The molecule has 0 spiro atoms. The van der Waals surface area contributed by atoms with Gasteiger partial charge in [-0.25, -0.2) is 13.6 Å². The summed E-state index contributed by atoms with van der Waals surface area (Å²) in [6.07, 6.45) is 0. The third-order valence-corrected chi connectivity index (χ3v) is 3.53. The van der Waals surface area contributed by atoms with Crippen LogP contribution in [0.5, 0.6) is 0 Å². The third-order valence-electron chi connectivity index (χ3n) is 2.62. The standard InChI is InChI=1S/C13H13NO2S/c1-10-5-2-3-8-13(10)11-6-4-7-12(9-11)17(14,15)16/h2-9H,1H3,(H2,14,15,16). The van der Waals surface area contributed by atoms with Gasteiger partial charge in [0.2, 0.25) is 10.0 Å². The largest absolute Gasteiger partial charge is 0.238 e. The van der Waals surface area contributed by atoms with Gasteiger partial charge >= 0.3 is 0 Å². The molecule has 2 rings (SSSR count). The van der Waals surface area contributed by atoms with E-state index in [2.05, 4.69) is 0 Å². The van der Waals surface area contributed by atoms with Crippen molar-refractivity contribution in [2.45, 2.75) is 11.8 Å². The van der Waals surface area contributed by atoms with Crippen LogP contribution in [0.4, 0.5) is 0 Å².